The van der Waals surface area contributed by atoms with Crippen LogP contribution in [0.5, 0.6) is 0 Å². The maximum absolute atomic E-state index is 6.12. The van der Waals surface area contributed by atoms with E-state index in [1.807, 2.05) is 26.1 Å². The molecule has 2 rings (SSSR count). The van der Waals surface area contributed by atoms with Crippen molar-refractivity contribution in [3.05, 3.63) is 34.5 Å². The predicted octanol–water partition coefficient (Wildman–Crippen LogP) is 3.11. The van der Waals surface area contributed by atoms with Gasteiger partial charge in [0.1, 0.15) is 5.58 Å². The van der Waals surface area contributed by atoms with Gasteiger partial charge in [-0.25, -0.2) is 0 Å². The van der Waals surface area contributed by atoms with Crippen LogP contribution in [0, 0.1) is 6.92 Å². The Hall–Kier alpha value is -0.990. The molecule has 0 atom stereocenters. The molecule has 0 bridgehead atoms. The summed E-state index contributed by atoms with van der Waals surface area (Å²) in [5.41, 5.74) is 3.12. The van der Waals surface area contributed by atoms with Crippen molar-refractivity contribution in [1.82, 2.24) is 5.32 Å². The van der Waals surface area contributed by atoms with Gasteiger partial charge in [0.2, 0.25) is 0 Å². The van der Waals surface area contributed by atoms with Crippen LogP contribution in [-0.2, 0) is 6.54 Å². The normalized spacial score (nSPS) is 11.1. The zero-order valence-electron chi connectivity index (χ0n) is 8.23. The molecule has 1 aromatic carbocycles. The van der Waals surface area contributed by atoms with Crippen LogP contribution < -0.4 is 5.32 Å². The smallest absolute Gasteiger partial charge is 0.138 e. The van der Waals surface area contributed by atoms with Gasteiger partial charge in [-0.3, -0.25) is 0 Å². The van der Waals surface area contributed by atoms with E-state index in [2.05, 4.69) is 5.32 Å². The van der Waals surface area contributed by atoms with Gasteiger partial charge in [-0.15, -0.1) is 0 Å². The van der Waals surface area contributed by atoms with Crippen molar-refractivity contribution in [3.8, 4) is 0 Å². The fraction of sp³-hybridized carbons (Fsp3) is 0.273. The number of aryl methyl sites for hydroxylation is 1. The highest BCUT2D eigenvalue weighted by Gasteiger charge is 2.10. The molecule has 3 heteroatoms. The third kappa shape index (κ3) is 1.41. The van der Waals surface area contributed by atoms with Gasteiger partial charge in [-0.1, -0.05) is 17.7 Å². The van der Waals surface area contributed by atoms with Gasteiger partial charge >= 0.3 is 0 Å². The molecule has 1 heterocycles. The average Bonchev–Trinajstić information content (AvgIpc) is 2.58. The summed E-state index contributed by atoms with van der Waals surface area (Å²) in [7, 11) is 1.91. The number of hydrogen-bond acceptors (Lipinski definition) is 2. The first-order valence-corrected chi connectivity index (χ1v) is 4.91. The lowest BCUT2D eigenvalue weighted by atomic mass is 10.1. The van der Waals surface area contributed by atoms with Crippen molar-refractivity contribution in [3.63, 3.8) is 0 Å². The van der Waals surface area contributed by atoms with Crippen LogP contribution in [0.2, 0.25) is 5.02 Å². The molecule has 0 saturated carbocycles. The van der Waals surface area contributed by atoms with Crippen LogP contribution in [0.1, 0.15) is 11.1 Å². The van der Waals surface area contributed by atoms with Gasteiger partial charge in [0, 0.05) is 17.5 Å². The van der Waals surface area contributed by atoms with E-state index in [1.165, 1.54) is 0 Å². The molecule has 0 aliphatic heterocycles. The molecule has 14 heavy (non-hydrogen) atoms. The van der Waals surface area contributed by atoms with Gasteiger partial charge in [0.05, 0.1) is 11.3 Å². The maximum atomic E-state index is 6.12. The van der Waals surface area contributed by atoms with Crippen LogP contribution >= 0.6 is 11.6 Å². The largest absolute Gasteiger partial charge is 0.464 e. The molecule has 1 aromatic heterocycles. The zero-order chi connectivity index (χ0) is 10.1. The molecule has 0 spiro atoms. The van der Waals surface area contributed by atoms with Gasteiger partial charge < -0.3 is 9.73 Å². The van der Waals surface area contributed by atoms with E-state index in [-0.39, 0.29) is 0 Å². The van der Waals surface area contributed by atoms with Gasteiger partial charge in [-0.2, -0.15) is 0 Å². The van der Waals surface area contributed by atoms with Gasteiger partial charge in [-0.05, 0) is 25.6 Å². The number of halogens is 1. The lowest BCUT2D eigenvalue weighted by molar-refractivity contribution is 0.605. The highest BCUT2D eigenvalue weighted by atomic mass is 35.5. The average molecular weight is 210 g/mol. The van der Waals surface area contributed by atoms with E-state index in [0.29, 0.717) is 0 Å². The molecule has 0 fully saturated rings. The monoisotopic (exact) mass is 209 g/mol. The minimum absolute atomic E-state index is 0.754. The van der Waals surface area contributed by atoms with Crippen molar-refractivity contribution in [2.24, 2.45) is 0 Å². The number of fused-ring (bicyclic) bond motifs is 1. The second-order valence-corrected chi connectivity index (χ2v) is 3.77. The minimum Gasteiger partial charge on any atom is -0.464 e. The summed E-state index contributed by atoms with van der Waals surface area (Å²) in [5.74, 6) is 0. The molecular weight excluding hydrogens is 198 g/mol. The second kappa shape index (κ2) is 3.64. The number of nitrogens with one attached hydrogen (secondary N) is 1. The number of benzene rings is 1. The third-order valence-corrected chi connectivity index (χ3v) is 2.63. The second-order valence-electron chi connectivity index (χ2n) is 3.36. The minimum atomic E-state index is 0.754. The van der Waals surface area contributed by atoms with E-state index < -0.39 is 0 Å². The highest BCUT2D eigenvalue weighted by Crippen LogP contribution is 2.30. The van der Waals surface area contributed by atoms with Crippen LogP contribution in [0.15, 0.2) is 22.8 Å². The maximum Gasteiger partial charge on any atom is 0.138 e. The molecule has 0 radical (unpaired) electrons. The van der Waals surface area contributed by atoms with Crippen LogP contribution in [0.4, 0.5) is 0 Å². The van der Waals surface area contributed by atoms with Crippen molar-refractivity contribution < 1.29 is 4.42 Å². The van der Waals surface area contributed by atoms with Crippen molar-refractivity contribution in [2.45, 2.75) is 13.5 Å². The molecule has 0 aliphatic carbocycles. The van der Waals surface area contributed by atoms with E-state index in [0.717, 1.165) is 33.7 Å². The summed E-state index contributed by atoms with van der Waals surface area (Å²) >= 11 is 6.12. The first kappa shape index (κ1) is 9.56. The molecule has 1 N–H and O–H groups in total. The fourth-order valence-electron chi connectivity index (χ4n) is 1.62. The molecule has 2 nitrogen and oxygen atoms in total. The van der Waals surface area contributed by atoms with Crippen LogP contribution in [0.3, 0.4) is 0 Å². The quantitative estimate of drug-likeness (QED) is 0.822. The first-order valence-electron chi connectivity index (χ1n) is 4.54. The Balaban J connectivity index is 2.70. The zero-order valence-corrected chi connectivity index (χ0v) is 8.98. The summed E-state index contributed by atoms with van der Waals surface area (Å²) in [6, 6.07) is 3.88. The van der Waals surface area contributed by atoms with E-state index >= 15 is 0 Å². The van der Waals surface area contributed by atoms with E-state index in [4.69, 9.17) is 16.0 Å². The Morgan fingerprint density at radius 2 is 2.21 bits per heavy atom. The Morgan fingerprint density at radius 3 is 2.93 bits per heavy atom. The van der Waals surface area contributed by atoms with Crippen molar-refractivity contribution >= 4 is 22.6 Å². The molecule has 2 aromatic rings. The van der Waals surface area contributed by atoms with Crippen molar-refractivity contribution in [2.75, 3.05) is 7.05 Å². The Bertz CT molecular complexity index is 462. The molecule has 74 valence electrons. The SMILES string of the molecule is CNCc1coc2c(C)ccc(Cl)c12. The van der Waals surface area contributed by atoms with Crippen LogP contribution in [0.25, 0.3) is 11.0 Å². The third-order valence-electron chi connectivity index (χ3n) is 2.31. The van der Waals surface area contributed by atoms with Crippen LogP contribution in [-0.4, -0.2) is 7.05 Å². The Labute approximate surface area is 87.9 Å². The standard InChI is InChI=1S/C11H12ClNO/c1-7-3-4-9(12)10-8(5-13-2)6-14-11(7)10/h3-4,6,13H,5H2,1-2H3. The van der Waals surface area contributed by atoms with Gasteiger partial charge in [0.25, 0.3) is 0 Å². The number of furan rings is 1. The van der Waals surface area contributed by atoms with E-state index in [9.17, 15) is 0 Å². The van der Waals surface area contributed by atoms with Gasteiger partial charge in [0.15, 0.2) is 0 Å². The summed E-state index contributed by atoms with van der Waals surface area (Å²) < 4.78 is 5.49. The number of hydrogen-bond donors (Lipinski definition) is 1. The molecule has 0 unspecified atom stereocenters. The summed E-state index contributed by atoms with van der Waals surface area (Å²) in [5, 5.41) is 4.87. The molecule has 0 aliphatic rings. The summed E-state index contributed by atoms with van der Waals surface area (Å²) in [4.78, 5) is 0. The highest BCUT2D eigenvalue weighted by molar-refractivity contribution is 6.35. The Morgan fingerprint density at radius 1 is 1.43 bits per heavy atom. The summed E-state index contributed by atoms with van der Waals surface area (Å²) in [6.45, 7) is 2.79. The number of rotatable bonds is 2. The lowest BCUT2D eigenvalue weighted by Gasteiger charge is -1.99. The first-order chi connectivity index (χ1) is 6.74. The molecule has 0 amide bonds. The van der Waals surface area contributed by atoms with E-state index in [1.54, 1.807) is 6.26 Å². The predicted molar refractivity (Wildman–Crippen MR) is 58.7 cm³/mol. The lowest BCUT2D eigenvalue weighted by Crippen LogP contribution is -2.04. The summed E-state index contributed by atoms with van der Waals surface area (Å²) in [6.07, 6.45) is 1.76. The Kier molecular flexibility index (Phi) is 2.48. The molecule has 0 saturated heterocycles. The van der Waals surface area contributed by atoms with Crippen molar-refractivity contribution in [1.29, 1.82) is 0 Å². The molecular formula is C11H12ClNO. The fourth-order valence-corrected chi connectivity index (χ4v) is 1.89. The topological polar surface area (TPSA) is 25.2 Å².